The van der Waals surface area contributed by atoms with Crippen molar-refractivity contribution in [3.8, 4) is 0 Å². The summed E-state index contributed by atoms with van der Waals surface area (Å²) in [5, 5.41) is 4.70. The second-order valence-corrected chi connectivity index (χ2v) is 6.50. The van der Waals surface area contributed by atoms with Gasteiger partial charge in [0.2, 0.25) is 0 Å². The number of hydrogen-bond donors (Lipinski definition) is 1. The predicted molar refractivity (Wildman–Crippen MR) is 104 cm³/mol. The minimum absolute atomic E-state index is 0.273. The smallest absolute Gasteiger partial charge is 0.414 e. The molecule has 0 bridgehead atoms. The van der Waals surface area contributed by atoms with Crippen LogP contribution in [0.5, 0.6) is 0 Å². The van der Waals surface area contributed by atoms with Gasteiger partial charge in [0.25, 0.3) is 0 Å². The molecule has 0 atom stereocenters. The van der Waals surface area contributed by atoms with Crippen molar-refractivity contribution in [1.29, 1.82) is 0 Å². The first-order valence-corrected chi connectivity index (χ1v) is 8.76. The fraction of sp³-hybridized carbons (Fsp3) is 0.238. The Labute approximate surface area is 152 Å². The zero-order valence-corrected chi connectivity index (χ0v) is 15.0. The van der Waals surface area contributed by atoms with Crippen LogP contribution < -0.4 is 10.2 Å². The second-order valence-electron chi connectivity index (χ2n) is 6.50. The summed E-state index contributed by atoms with van der Waals surface area (Å²) in [7, 11) is 0. The average Bonchev–Trinajstić information content (AvgIpc) is 3.08. The molecule has 132 valence electrons. The van der Waals surface area contributed by atoms with E-state index in [2.05, 4.69) is 23.3 Å². The Kier molecular flexibility index (Phi) is 4.21. The molecule has 2 heterocycles. The molecule has 1 aromatic heterocycles. The van der Waals surface area contributed by atoms with Crippen LogP contribution in [0, 0.1) is 13.8 Å². The SMILES string of the molecule is Cc1nc2ccccc2c(NCc2ccc(N3CCOC3=O)cc2)c1C. The van der Waals surface area contributed by atoms with Crippen LogP contribution in [0.4, 0.5) is 16.2 Å². The minimum atomic E-state index is -0.273. The highest BCUT2D eigenvalue weighted by Crippen LogP contribution is 2.28. The number of para-hydroxylation sites is 1. The molecule has 1 N–H and O–H groups in total. The Hall–Kier alpha value is -3.08. The summed E-state index contributed by atoms with van der Waals surface area (Å²) in [4.78, 5) is 18.0. The second kappa shape index (κ2) is 6.67. The van der Waals surface area contributed by atoms with Gasteiger partial charge in [0, 0.05) is 29.0 Å². The number of pyridine rings is 1. The number of fused-ring (bicyclic) bond motifs is 1. The first-order valence-electron chi connectivity index (χ1n) is 8.76. The number of aryl methyl sites for hydroxylation is 1. The molecule has 5 heteroatoms. The van der Waals surface area contributed by atoms with Crippen molar-refractivity contribution in [3.05, 3.63) is 65.4 Å². The zero-order valence-electron chi connectivity index (χ0n) is 15.0. The maximum atomic E-state index is 11.6. The molecule has 0 unspecified atom stereocenters. The minimum Gasteiger partial charge on any atom is -0.447 e. The van der Waals surface area contributed by atoms with Gasteiger partial charge < -0.3 is 10.1 Å². The number of rotatable bonds is 4. The summed E-state index contributed by atoms with van der Waals surface area (Å²) in [5.74, 6) is 0. The zero-order chi connectivity index (χ0) is 18.1. The van der Waals surface area contributed by atoms with Crippen LogP contribution in [0.25, 0.3) is 10.9 Å². The number of ether oxygens (including phenoxy) is 1. The largest absolute Gasteiger partial charge is 0.447 e. The Morgan fingerprint density at radius 3 is 2.62 bits per heavy atom. The monoisotopic (exact) mass is 347 g/mol. The third-order valence-corrected chi connectivity index (χ3v) is 4.86. The number of nitrogens with one attached hydrogen (secondary N) is 1. The van der Waals surface area contributed by atoms with Crippen LogP contribution in [0.3, 0.4) is 0 Å². The molecule has 0 saturated carbocycles. The van der Waals surface area contributed by atoms with Crippen LogP contribution in [0.1, 0.15) is 16.8 Å². The van der Waals surface area contributed by atoms with Crippen LogP contribution in [-0.4, -0.2) is 24.2 Å². The fourth-order valence-electron chi connectivity index (χ4n) is 3.27. The van der Waals surface area contributed by atoms with Gasteiger partial charge in [0.15, 0.2) is 0 Å². The number of benzene rings is 2. The van der Waals surface area contributed by atoms with E-state index in [0.717, 1.165) is 33.5 Å². The first kappa shape index (κ1) is 16.4. The first-order chi connectivity index (χ1) is 12.6. The summed E-state index contributed by atoms with van der Waals surface area (Å²) in [6.45, 7) is 5.91. The normalized spacial score (nSPS) is 13.9. The summed E-state index contributed by atoms with van der Waals surface area (Å²) < 4.78 is 4.99. The van der Waals surface area contributed by atoms with Gasteiger partial charge in [0.05, 0.1) is 12.1 Å². The molecule has 1 aliphatic rings. The maximum Gasteiger partial charge on any atom is 0.414 e. The highest BCUT2D eigenvalue weighted by Gasteiger charge is 2.23. The van der Waals surface area contributed by atoms with E-state index >= 15 is 0 Å². The third-order valence-electron chi connectivity index (χ3n) is 4.86. The van der Waals surface area contributed by atoms with Gasteiger partial charge >= 0.3 is 6.09 Å². The summed E-state index contributed by atoms with van der Waals surface area (Å²) >= 11 is 0. The van der Waals surface area contributed by atoms with Crippen molar-refractivity contribution in [3.63, 3.8) is 0 Å². The Balaban J connectivity index is 1.55. The van der Waals surface area contributed by atoms with Crippen molar-refractivity contribution in [2.75, 3.05) is 23.4 Å². The number of carbonyl (C=O) groups excluding carboxylic acids is 1. The molecular formula is C21H21N3O2. The number of hydrogen-bond acceptors (Lipinski definition) is 4. The number of anilines is 2. The van der Waals surface area contributed by atoms with Gasteiger partial charge in [-0.1, -0.05) is 30.3 Å². The quantitative estimate of drug-likeness (QED) is 0.759. The number of carbonyl (C=O) groups is 1. The highest BCUT2D eigenvalue weighted by molar-refractivity contribution is 5.93. The lowest BCUT2D eigenvalue weighted by atomic mass is 10.1. The van der Waals surface area contributed by atoms with E-state index in [1.54, 1.807) is 4.90 Å². The molecule has 26 heavy (non-hydrogen) atoms. The van der Waals surface area contributed by atoms with Gasteiger partial charge in [-0.3, -0.25) is 9.88 Å². The Morgan fingerprint density at radius 2 is 1.88 bits per heavy atom. The molecule has 1 aliphatic heterocycles. The molecule has 1 fully saturated rings. The molecule has 2 aromatic carbocycles. The van der Waals surface area contributed by atoms with Gasteiger partial charge in [0.1, 0.15) is 6.61 Å². The number of amides is 1. The molecule has 0 radical (unpaired) electrons. The van der Waals surface area contributed by atoms with Gasteiger partial charge in [-0.2, -0.15) is 0 Å². The molecule has 1 saturated heterocycles. The van der Waals surface area contributed by atoms with Crippen LogP contribution in [0.15, 0.2) is 48.5 Å². The lowest BCUT2D eigenvalue weighted by Crippen LogP contribution is -2.23. The van der Waals surface area contributed by atoms with E-state index in [0.29, 0.717) is 19.7 Å². The van der Waals surface area contributed by atoms with Crippen molar-refractivity contribution >= 4 is 28.4 Å². The lowest BCUT2D eigenvalue weighted by Gasteiger charge is -2.16. The predicted octanol–water partition coefficient (Wildman–Crippen LogP) is 4.42. The van der Waals surface area contributed by atoms with E-state index in [1.165, 1.54) is 5.56 Å². The van der Waals surface area contributed by atoms with Crippen molar-refractivity contribution < 1.29 is 9.53 Å². The van der Waals surface area contributed by atoms with Crippen molar-refractivity contribution in [2.45, 2.75) is 20.4 Å². The summed E-state index contributed by atoms with van der Waals surface area (Å²) in [5.41, 5.74) is 6.35. The van der Waals surface area contributed by atoms with Crippen LogP contribution in [0.2, 0.25) is 0 Å². The molecule has 4 rings (SSSR count). The van der Waals surface area contributed by atoms with Gasteiger partial charge in [-0.25, -0.2) is 4.79 Å². The molecule has 0 aliphatic carbocycles. The Morgan fingerprint density at radius 1 is 1.12 bits per heavy atom. The van der Waals surface area contributed by atoms with E-state index in [1.807, 2.05) is 49.4 Å². The lowest BCUT2D eigenvalue weighted by molar-refractivity contribution is 0.181. The van der Waals surface area contributed by atoms with E-state index in [9.17, 15) is 4.79 Å². The van der Waals surface area contributed by atoms with Crippen LogP contribution >= 0.6 is 0 Å². The Bertz CT molecular complexity index is 967. The highest BCUT2D eigenvalue weighted by atomic mass is 16.6. The summed E-state index contributed by atoms with van der Waals surface area (Å²) in [6.07, 6.45) is -0.273. The topological polar surface area (TPSA) is 54.5 Å². The molecule has 1 amide bonds. The number of nitrogens with zero attached hydrogens (tertiary/aromatic N) is 2. The fourth-order valence-corrected chi connectivity index (χ4v) is 3.27. The van der Waals surface area contributed by atoms with E-state index in [4.69, 9.17) is 4.74 Å². The molecule has 5 nitrogen and oxygen atoms in total. The van der Waals surface area contributed by atoms with E-state index < -0.39 is 0 Å². The van der Waals surface area contributed by atoms with E-state index in [-0.39, 0.29) is 6.09 Å². The van der Waals surface area contributed by atoms with Gasteiger partial charge in [-0.05, 0) is 43.2 Å². The standard InChI is InChI=1S/C21H21N3O2/c1-14-15(2)23-19-6-4-3-5-18(19)20(14)22-13-16-7-9-17(10-8-16)24-11-12-26-21(24)25/h3-10H,11-13H2,1-2H3,(H,22,23). The number of cyclic esters (lactones) is 1. The molecule has 0 spiro atoms. The van der Waals surface area contributed by atoms with Crippen molar-refractivity contribution in [2.24, 2.45) is 0 Å². The molecular weight excluding hydrogens is 326 g/mol. The number of aromatic nitrogens is 1. The van der Waals surface area contributed by atoms with Crippen LogP contribution in [-0.2, 0) is 11.3 Å². The van der Waals surface area contributed by atoms with Gasteiger partial charge in [-0.15, -0.1) is 0 Å². The average molecular weight is 347 g/mol. The van der Waals surface area contributed by atoms with Crippen molar-refractivity contribution in [1.82, 2.24) is 4.98 Å². The molecule has 3 aromatic rings. The summed E-state index contributed by atoms with van der Waals surface area (Å²) in [6, 6.07) is 16.2. The maximum absolute atomic E-state index is 11.6. The third kappa shape index (κ3) is 2.96.